The van der Waals surface area contributed by atoms with E-state index in [0.717, 1.165) is 6.42 Å². The van der Waals surface area contributed by atoms with Crippen molar-refractivity contribution in [2.75, 3.05) is 13.2 Å². The third-order valence-corrected chi connectivity index (χ3v) is 2.80. The third kappa shape index (κ3) is 5.02. The monoisotopic (exact) mass is 260 g/mol. The molecule has 0 fully saturated rings. The Hall–Kier alpha value is -0.640. The summed E-state index contributed by atoms with van der Waals surface area (Å²) in [4.78, 5) is 0. The summed E-state index contributed by atoms with van der Waals surface area (Å²) in [5.41, 5.74) is 0.372. The number of aliphatic hydroxyl groups excluding tert-OH is 1. The van der Waals surface area contributed by atoms with Gasteiger partial charge in [0.25, 0.3) is 0 Å². The van der Waals surface area contributed by atoms with E-state index >= 15 is 0 Å². The molecule has 2 nitrogen and oxygen atoms in total. The lowest BCUT2D eigenvalue weighted by Crippen LogP contribution is -2.15. The maximum atomic E-state index is 13.4. The molecule has 0 aromatic heterocycles. The van der Waals surface area contributed by atoms with Gasteiger partial charge in [-0.25, -0.2) is 4.39 Å². The summed E-state index contributed by atoms with van der Waals surface area (Å²) in [5.74, 6) is -0.369. The predicted molar refractivity (Wildman–Crippen MR) is 66.8 cm³/mol. The van der Waals surface area contributed by atoms with E-state index in [-0.39, 0.29) is 12.2 Å². The molecule has 4 heteroatoms. The quantitative estimate of drug-likeness (QED) is 0.763. The second-order valence-electron chi connectivity index (χ2n) is 3.96. The lowest BCUT2D eigenvalue weighted by molar-refractivity contribution is 0.0820. The van der Waals surface area contributed by atoms with Gasteiger partial charge in [-0.15, -0.1) is 0 Å². The average Bonchev–Trinajstić information content (AvgIpc) is 2.30. The third-order valence-electron chi connectivity index (χ3n) is 2.45. The zero-order chi connectivity index (χ0) is 12.7. The standard InChI is InChI=1S/C13H18ClFO2/c1-2-7-17-8-6-10(16)9-11-12(14)4-3-5-13(11)15/h3-5,10,16H,2,6-9H2,1H3. The first-order chi connectivity index (χ1) is 8.15. The molecular weight excluding hydrogens is 243 g/mol. The molecule has 0 aliphatic rings. The highest BCUT2D eigenvalue weighted by molar-refractivity contribution is 6.31. The van der Waals surface area contributed by atoms with Gasteiger partial charge >= 0.3 is 0 Å². The molecule has 0 aliphatic heterocycles. The lowest BCUT2D eigenvalue weighted by atomic mass is 10.1. The largest absolute Gasteiger partial charge is 0.393 e. The molecule has 0 radical (unpaired) electrons. The lowest BCUT2D eigenvalue weighted by Gasteiger charge is -2.12. The molecule has 0 aliphatic carbocycles. The van der Waals surface area contributed by atoms with Crippen LogP contribution in [-0.2, 0) is 11.2 Å². The molecular formula is C13H18ClFO2. The van der Waals surface area contributed by atoms with Gasteiger partial charge in [0.05, 0.1) is 6.10 Å². The highest BCUT2D eigenvalue weighted by atomic mass is 35.5. The summed E-state index contributed by atoms with van der Waals surface area (Å²) in [6, 6.07) is 4.53. The molecule has 0 saturated heterocycles. The van der Waals surface area contributed by atoms with Gasteiger partial charge in [-0.1, -0.05) is 24.6 Å². The molecule has 1 rings (SSSR count). The Morgan fingerprint density at radius 2 is 2.18 bits per heavy atom. The molecule has 1 unspecified atom stereocenters. The van der Waals surface area contributed by atoms with Crippen molar-refractivity contribution in [2.45, 2.75) is 32.3 Å². The van der Waals surface area contributed by atoms with Crippen molar-refractivity contribution < 1.29 is 14.2 Å². The van der Waals surface area contributed by atoms with E-state index in [2.05, 4.69) is 0 Å². The summed E-state index contributed by atoms with van der Waals surface area (Å²) in [6.45, 7) is 3.20. The van der Waals surface area contributed by atoms with E-state index in [0.29, 0.717) is 30.2 Å². The Bertz CT molecular complexity index is 324. The first-order valence-electron chi connectivity index (χ1n) is 5.83. The van der Waals surface area contributed by atoms with Crippen molar-refractivity contribution in [2.24, 2.45) is 0 Å². The predicted octanol–water partition coefficient (Wildman–Crippen LogP) is 3.20. The highest BCUT2D eigenvalue weighted by Gasteiger charge is 2.12. The van der Waals surface area contributed by atoms with E-state index in [1.165, 1.54) is 6.07 Å². The van der Waals surface area contributed by atoms with Gasteiger partial charge < -0.3 is 9.84 Å². The molecule has 0 saturated carbocycles. The molecule has 1 atom stereocenters. The Balaban J connectivity index is 2.42. The SMILES string of the molecule is CCCOCCC(O)Cc1c(F)cccc1Cl. The van der Waals surface area contributed by atoms with Crippen LogP contribution in [0.5, 0.6) is 0 Å². The number of halogens is 2. The second kappa shape index (κ2) is 7.64. The van der Waals surface area contributed by atoms with Crippen molar-refractivity contribution in [3.05, 3.63) is 34.6 Å². The number of rotatable bonds is 7. The van der Waals surface area contributed by atoms with Crippen molar-refractivity contribution in [3.63, 3.8) is 0 Å². The van der Waals surface area contributed by atoms with Crippen LogP contribution in [0.2, 0.25) is 5.02 Å². The van der Waals surface area contributed by atoms with Gasteiger partial charge in [-0.2, -0.15) is 0 Å². The number of aliphatic hydroxyl groups is 1. The summed E-state index contributed by atoms with van der Waals surface area (Å²) >= 11 is 5.88. The molecule has 0 spiro atoms. The zero-order valence-corrected chi connectivity index (χ0v) is 10.7. The van der Waals surface area contributed by atoms with Crippen LogP contribution in [0.15, 0.2) is 18.2 Å². The van der Waals surface area contributed by atoms with Crippen molar-refractivity contribution in [1.29, 1.82) is 0 Å². The Morgan fingerprint density at radius 1 is 1.41 bits per heavy atom. The minimum Gasteiger partial charge on any atom is -0.393 e. The minimum absolute atomic E-state index is 0.223. The summed E-state index contributed by atoms with van der Waals surface area (Å²) < 4.78 is 18.7. The molecule has 0 bridgehead atoms. The highest BCUT2D eigenvalue weighted by Crippen LogP contribution is 2.21. The fourth-order valence-corrected chi connectivity index (χ4v) is 1.77. The van der Waals surface area contributed by atoms with E-state index in [1.54, 1.807) is 12.1 Å². The van der Waals surface area contributed by atoms with Gasteiger partial charge in [-0.05, 0) is 25.0 Å². The van der Waals surface area contributed by atoms with Gasteiger partial charge in [0.1, 0.15) is 5.82 Å². The van der Waals surface area contributed by atoms with E-state index in [1.807, 2.05) is 6.92 Å². The maximum Gasteiger partial charge on any atom is 0.127 e. The number of ether oxygens (including phenoxy) is 1. The van der Waals surface area contributed by atoms with Gasteiger partial charge in [0.15, 0.2) is 0 Å². The number of hydrogen-bond acceptors (Lipinski definition) is 2. The normalized spacial score (nSPS) is 12.7. The summed E-state index contributed by atoms with van der Waals surface area (Å²) in [6.07, 6.45) is 1.04. The van der Waals surface area contributed by atoms with Crippen molar-refractivity contribution >= 4 is 11.6 Å². The topological polar surface area (TPSA) is 29.5 Å². The van der Waals surface area contributed by atoms with Crippen LogP contribution in [-0.4, -0.2) is 24.4 Å². The minimum atomic E-state index is -0.624. The van der Waals surface area contributed by atoms with Crippen molar-refractivity contribution in [3.8, 4) is 0 Å². The second-order valence-corrected chi connectivity index (χ2v) is 4.37. The van der Waals surface area contributed by atoms with E-state index < -0.39 is 6.10 Å². The number of benzene rings is 1. The Labute approximate surface area is 106 Å². The average molecular weight is 261 g/mol. The molecule has 1 N–H and O–H groups in total. The molecule has 1 aromatic rings. The summed E-state index contributed by atoms with van der Waals surface area (Å²) in [5, 5.41) is 10.1. The van der Waals surface area contributed by atoms with Gasteiger partial charge in [0.2, 0.25) is 0 Å². The molecule has 0 heterocycles. The van der Waals surface area contributed by atoms with Crippen molar-refractivity contribution in [1.82, 2.24) is 0 Å². The Kier molecular flexibility index (Phi) is 6.48. The van der Waals surface area contributed by atoms with Gasteiger partial charge in [-0.3, -0.25) is 0 Å². The van der Waals surface area contributed by atoms with Crippen LogP contribution in [0, 0.1) is 5.82 Å². The number of hydrogen-bond donors (Lipinski definition) is 1. The molecule has 1 aromatic carbocycles. The fourth-order valence-electron chi connectivity index (χ4n) is 1.53. The van der Waals surface area contributed by atoms with Gasteiger partial charge in [0, 0.05) is 30.2 Å². The maximum absolute atomic E-state index is 13.4. The van der Waals surface area contributed by atoms with Crippen LogP contribution in [0.4, 0.5) is 4.39 Å². The van der Waals surface area contributed by atoms with Crippen LogP contribution in [0.1, 0.15) is 25.3 Å². The van der Waals surface area contributed by atoms with Crippen LogP contribution in [0.3, 0.4) is 0 Å². The molecule has 17 heavy (non-hydrogen) atoms. The Morgan fingerprint density at radius 3 is 2.82 bits per heavy atom. The molecule has 0 amide bonds. The van der Waals surface area contributed by atoms with E-state index in [4.69, 9.17) is 16.3 Å². The van der Waals surface area contributed by atoms with E-state index in [9.17, 15) is 9.50 Å². The zero-order valence-electron chi connectivity index (χ0n) is 9.96. The molecule has 96 valence electrons. The smallest absolute Gasteiger partial charge is 0.127 e. The first-order valence-corrected chi connectivity index (χ1v) is 6.21. The summed E-state index contributed by atoms with van der Waals surface area (Å²) in [7, 11) is 0. The van der Waals surface area contributed by atoms with Crippen LogP contribution >= 0.6 is 11.6 Å². The fraction of sp³-hybridized carbons (Fsp3) is 0.538. The van der Waals surface area contributed by atoms with Crippen LogP contribution < -0.4 is 0 Å². The first kappa shape index (κ1) is 14.4. The van der Waals surface area contributed by atoms with Crippen LogP contribution in [0.25, 0.3) is 0 Å².